The third kappa shape index (κ3) is 1.14. The molecule has 0 radical (unpaired) electrons. The molecular formula is C9H10O2S. The average Bonchev–Trinajstić information content (AvgIpc) is 2.49. The average molecular weight is 182 g/mol. The highest BCUT2D eigenvalue weighted by molar-refractivity contribution is 7.10. The van der Waals surface area contributed by atoms with E-state index in [1.807, 2.05) is 11.4 Å². The van der Waals surface area contributed by atoms with Crippen LogP contribution in [0.3, 0.4) is 0 Å². The number of fused-ring (bicyclic) bond motifs is 1. The van der Waals surface area contributed by atoms with Crippen LogP contribution in [0.4, 0.5) is 0 Å². The monoisotopic (exact) mass is 182 g/mol. The van der Waals surface area contributed by atoms with Crippen LogP contribution in [-0.2, 0) is 11.2 Å². The Morgan fingerprint density at radius 1 is 1.67 bits per heavy atom. The molecule has 12 heavy (non-hydrogen) atoms. The van der Waals surface area contributed by atoms with Crippen LogP contribution in [0.1, 0.15) is 29.2 Å². The quantitative estimate of drug-likeness (QED) is 0.723. The minimum absolute atomic E-state index is 0.236. The largest absolute Gasteiger partial charge is 0.481 e. The van der Waals surface area contributed by atoms with Crippen molar-refractivity contribution in [3.63, 3.8) is 0 Å². The van der Waals surface area contributed by atoms with Crippen LogP contribution in [-0.4, -0.2) is 11.1 Å². The number of aliphatic carboxylic acids is 1. The lowest BCUT2D eigenvalue weighted by atomic mass is 9.88. The zero-order valence-electron chi connectivity index (χ0n) is 6.62. The molecule has 0 saturated carbocycles. The molecule has 1 atom stereocenters. The van der Waals surface area contributed by atoms with Gasteiger partial charge in [-0.15, -0.1) is 11.3 Å². The second-order valence-electron chi connectivity index (χ2n) is 3.08. The van der Waals surface area contributed by atoms with E-state index in [1.165, 1.54) is 4.88 Å². The van der Waals surface area contributed by atoms with Gasteiger partial charge in [-0.25, -0.2) is 0 Å². The fourth-order valence-electron chi connectivity index (χ4n) is 1.74. The molecular weight excluding hydrogens is 172 g/mol. The van der Waals surface area contributed by atoms with E-state index in [0.717, 1.165) is 24.8 Å². The van der Waals surface area contributed by atoms with Gasteiger partial charge in [-0.1, -0.05) is 0 Å². The summed E-state index contributed by atoms with van der Waals surface area (Å²) in [5.74, 6) is -0.908. The van der Waals surface area contributed by atoms with E-state index < -0.39 is 5.97 Å². The molecule has 64 valence electrons. The van der Waals surface area contributed by atoms with Gasteiger partial charge in [0.15, 0.2) is 0 Å². The number of carboxylic acids is 1. The summed E-state index contributed by atoms with van der Waals surface area (Å²) in [4.78, 5) is 12.1. The zero-order valence-corrected chi connectivity index (χ0v) is 7.43. The molecule has 2 rings (SSSR count). The summed E-state index contributed by atoms with van der Waals surface area (Å²) >= 11 is 1.68. The second-order valence-corrected chi connectivity index (χ2v) is 4.08. The highest BCUT2D eigenvalue weighted by atomic mass is 32.1. The summed E-state index contributed by atoms with van der Waals surface area (Å²) < 4.78 is 0. The first kappa shape index (κ1) is 7.80. The first-order valence-electron chi connectivity index (χ1n) is 4.08. The minimum Gasteiger partial charge on any atom is -0.481 e. The molecule has 0 amide bonds. The molecule has 1 unspecified atom stereocenters. The Kier molecular flexibility index (Phi) is 1.89. The molecule has 1 aliphatic carbocycles. The van der Waals surface area contributed by atoms with Crippen LogP contribution in [0.2, 0.25) is 0 Å². The van der Waals surface area contributed by atoms with Crippen LogP contribution < -0.4 is 0 Å². The summed E-state index contributed by atoms with van der Waals surface area (Å²) in [6.45, 7) is 0. The van der Waals surface area contributed by atoms with Gasteiger partial charge in [-0.05, 0) is 36.3 Å². The summed E-state index contributed by atoms with van der Waals surface area (Å²) in [7, 11) is 0. The van der Waals surface area contributed by atoms with Crippen molar-refractivity contribution in [2.75, 3.05) is 0 Å². The predicted molar refractivity (Wildman–Crippen MR) is 47.6 cm³/mol. The summed E-state index contributed by atoms with van der Waals surface area (Å²) in [5, 5.41) is 10.9. The number of hydrogen-bond donors (Lipinski definition) is 1. The molecule has 2 nitrogen and oxygen atoms in total. The standard InChI is InChI=1S/C9H10O2S/c10-9(11)7-2-1-3-8-6(7)4-5-12-8/h4-5,7H,1-3H2,(H,10,11). The summed E-state index contributed by atoms with van der Waals surface area (Å²) in [6.07, 6.45) is 2.89. The van der Waals surface area contributed by atoms with Crippen LogP contribution in [0, 0.1) is 0 Å². The van der Waals surface area contributed by atoms with Gasteiger partial charge in [-0.3, -0.25) is 4.79 Å². The maximum atomic E-state index is 10.8. The molecule has 0 aromatic carbocycles. The van der Waals surface area contributed by atoms with E-state index in [-0.39, 0.29) is 5.92 Å². The van der Waals surface area contributed by atoms with Crippen molar-refractivity contribution in [1.29, 1.82) is 0 Å². The van der Waals surface area contributed by atoms with Gasteiger partial charge in [0.1, 0.15) is 0 Å². The molecule has 0 aliphatic heterocycles. The van der Waals surface area contributed by atoms with E-state index in [1.54, 1.807) is 11.3 Å². The van der Waals surface area contributed by atoms with Gasteiger partial charge in [0.2, 0.25) is 0 Å². The smallest absolute Gasteiger partial charge is 0.311 e. The molecule has 1 heterocycles. The van der Waals surface area contributed by atoms with E-state index in [2.05, 4.69) is 0 Å². The Balaban J connectivity index is 2.37. The molecule has 0 fully saturated rings. The molecule has 1 N–H and O–H groups in total. The van der Waals surface area contributed by atoms with E-state index in [4.69, 9.17) is 5.11 Å². The Labute approximate surface area is 74.8 Å². The van der Waals surface area contributed by atoms with Crippen molar-refractivity contribution >= 4 is 17.3 Å². The van der Waals surface area contributed by atoms with Crippen molar-refractivity contribution in [1.82, 2.24) is 0 Å². The lowest BCUT2D eigenvalue weighted by Crippen LogP contribution is -2.15. The first-order chi connectivity index (χ1) is 5.79. The third-order valence-corrected chi connectivity index (χ3v) is 3.35. The summed E-state index contributed by atoms with van der Waals surface area (Å²) in [6, 6.07) is 1.96. The fraction of sp³-hybridized carbons (Fsp3) is 0.444. The number of thiophene rings is 1. The first-order valence-corrected chi connectivity index (χ1v) is 4.96. The lowest BCUT2D eigenvalue weighted by molar-refractivity contribution is -0.139. The van der Waals surface area contributed by atoms with Crippen molar-refractivity contribution in [3.05, 3.63) is 21.9 Å². The van der Waals surface area contributed by atoms with E-state index in [9.17, 15) is 4.79 Å². The van der Waals surface area contributed by atoms with Gasteiger partial charge >= 0.3 is 5.97 Å². The highest BCUT2D eigenvalue weighted by Gasteiger charge is 2.26. The molecule has 3 heteroatoms. The van der Waals surface area contributed by atoms with Crippen molar-refractivity contribution in [2.24, 2.45) is 0 Å². The Hall–Kier alpha value is -0.830. The second kappa shape index (κ2) is 2.90. The maximum absolute atomic E-state index is 10.8. The van der Waals surface area contributed by atoms with Crippen molar-refractivity contribution < 1.29 is 9.90 Å². The Morgan fingerprint density at radius 2 is 2.50 bits per heavy atom. The van der Waals surface area contributed by atoms with Gasteiger partial charge in [0, 0.05) is 4.88 Å². The zero-order chi connectivity index (χ0) is 8.55. The highest BCUT2D eigenvalue weighted by Crippen LogP contribution is 2.34. The van der Waals surface area contributed by atoms with Gasteiger partial charge in [0.05, 0.1) is 5.92 Å². The van der Waals surface area contributed by atoms with Gasteiger partial charge in [-0.2, -0.15) is 0 Å². The molecule has 0 bridgehead atoms. The molecule has 1 aromatic heterocycles. The normalized spacial score (nSPS) is 21.8. The lowest BCUT2D eigenvalue weighted by Gasteiger charge is -2.18. The molecule has 0 spiro atoms. The maximum Gasteiger partial charge on any atom is 0.311 e. The van der Waals surface area contributed by atoms with Crippen LogP contribution in [0.15, 0.2) is 11.4 Å². The number of rotatable bonds is 1. The SMILES string of the molecule is O=C(O)C1CCCc2sccc21. The number of carbonyl (C=O) groups is 1. The predicted octanol–water partition coefficient (Wildman–Crippen LogP) is 2.25. The third-order valence-electron chi connectivity index (χ3n) is 2.35. The Bertz CT molecular complexity index is 303. The molecule has 1 aliphatic rings. The Morgan fingerprint density at radius 3 is 3.25 bits per heavy atom. The number of aryl methyl sites for hydroxylation is 1. The van der Waals surface area contributed by atoms with Crippen LogP contribution in [0.5, 0.6) is 0 Å². The van der Waals surface area contributed by atoms with Gasteiger partial charge < -0.3 is 5.11 Å². The molecule has 1 aromatic rings. The minimum atomic E-state index is -0.672. The summed E-state index contributed by atoms with van der Waals surface area (Å²) in [5.41, 5.74) is 1.05. The number of carboxylic acid groups (broad SMARTS) is 1. The fourth-order valence-corrected chi connectivity index (χ4v) is 2.73. The van der Waals surface area contributed by atoms with E-state index >= 15 is 0 Å². The van der Waals surface area contributed by atoms with Crippen LogP contribution in [0.25, 0.3) is 0 Å². The van der Waals surface area contributed by atoms with E-state index in [0.29, 0.717) is 0 Å². The molecule has 0 saturated heterocycles. The van der Waals surface area contributed by atoms with Crippen LogP contribution >= 0.6 is 11.3 Å². The van der Waals surface area contributed by atoms with Gasteiger partial charge in [0.25, 0.3) is 0 Å². The van der Waals surface area contributed by atoms with Crippen molar-refractivity contribution in [2.45, 2.75) is 25.2 Å². The topological polar surface area (TPSA) is 37.3 Å². The number of hydrogen-bond acceptors (Lipinski definition) is 2. The van der Waals surface area contributed by atoms with Crippen molar-refractivity contribution in [3.8, 4) is 0 Å².